The highest BCUT2D eigenvalue weighted by atomic mass is 19.4. The Morgan fingerprint density at radius 2 is 2.06 bits per heavy atom. The molecular formula is C10H6F3NO3. The molecule has 0 atom stereocenters. The lowest BCUT2D eigenvalue weighted by Crippen LogP contribution is -2.18. The highest BCUT2D eigenvalue weighted by Crippen LogP contribution is 2.29. The molecule has 90 valence electrons. The van der Waals surface area contributed by atoms with Gasteiger partial charge in [-0.1, -0.05) is 0 Å². The number of benzene rings is 1. The van der Waals surface area contributed by atoms with E-state index in [0.717, 1.165) is 12.1 Å². The Balaban J connectivity index is 3.32. The third kappa shape index (κ3) is 2.87. The predicted octanol–water partition coefficient (Wildman–Crippen LogP) is 2.46. The number of nitrogens with zero attached hydrogens (tertiary/aromatic N) is 1. The van der Waals surface area contributed by atoms with Gasteiger partial charge in [0.2, 0.25) is 0 Å². The van der Waals surface area contributed by atoms with E-state index in [4.69, 9.17) is 10.4 Å². The topological polar surface area (TPSA) is 70.3 Å². The van der Waals surface area contributed by atoms with Crippen LogP contribution >= 0.6 is 0 Å². The van der Waals surface area contributed by atoms with Gasteiger partial charge in [-0.05, 0) is 19.1 Å². The third-order valence-electron chi connectivity index (χ3n) is 1.98. The van der Waals surface area contributed by atoms with E-state index in [9.17, 15) is 18.0 Å². The molecule has 1 N–H and O–H groups in total. The van der Waals surface area contributed by atoms with Gasteiger partial charge >= 0.3 is 12.3 Å². The van der Waals surface area contributed by atoms with Crippen molar-refractivity contribution in [3.63, 3.8) is 0 Å². The van der Waals surface area contributed by atoms with Crippen molar-refractivity contribution in [1.29, 1.82) is 5.26 Å². The second-order valence-electron chi connectivity index (χ2n) is 3.08. The van der Waals surface area contributed by atoms with E-state index in [1.54, 1.807) is 6.07 Å². The highest BCUT2D eigenvalue weighted by molar-refractivity contribution is 5.91. The molecule has 0 aliphatic heterocycles. The first-order valence-corrected chi connectivity index (χ1v) is 4.29. The molecule has 0 amide bonds. The smallest absolute Gasteiger partial charge is 0.478 e. The number of halogens is 3. The van der Waals surface area contributed by atoms with E-state index in [1.807, 2.05) is 0 Å². The molecule has 1 aromatic rings. The number of hydrogen-bond donors (Lipinski definition) is 1. The van der Waals surface area contributed by atoms with Gasteiger partial charge in [-0.2, -0.15) is 5.26 Å². The Kier molecular flexibility index (Phi) is 3.27. The second-order valence-corrected chi connectivity index (χ2v) is 3.08. The molecule has 0 aromatic heterocycles. The number of carbonyl (C=O) groups is 1. The summed E-state index contributed by atoms with van der Waals surface area (Å²) >= 11 is 0. The third-order valence-corrected chi connectivity index (χ3v) is 1.98. The molecule has 0 aliphatic carbocycles. The quantitative estimate of drug-likeness (QED) is 0.868. The number of rotatable bonds is 2. The molecule has 1 rings (SSSR count). The van der Waals surface area contributed by atoms with E-state index >= 15 is 0 Å². The van der Waals surface area contributed by atoms with Crippen molar-refractivity contribution in [2.24, 2.45) is 0 Å². The average molecular weight is 245 g/mol. The summed E-state index contributed by atoms with van der Waals surface area (Å²) in [6.07, 6.45) is -4.89. The van der Waals surface area contributed by atoms with Gasteiger partial charge in [-0.25, -0.2) is 4.79 Å². The normalized spacial score (nSPS) is 10.8. The molecule has 4 nitrogen and oxygen atoms in total. The van der Waals surface area contributed by atoms with Crippen molar-refractivity contribution in [2.75, 3.05) is 0 Å². The summed E-state index contributed by atoms with van der Waals surface area (Å²) in [5.41, 5.74) is -0.872. The first-order valence-electron chi connectivity index (χ1n) is 4.29. The van der Waals surface area contributed by atoms with E-state index in [-0.39, 0.29) is 16.7 Å². The van der Waals surface area contributed by atoms with Gasteiger partial charge in [0.1, 0.15) is 11.8 Å². The van der Waals surface area contributed by atoms with Crippen LogP contribution in [0.15, 0.2) is 12.1 Å². The van der Waals surface area contributed by atoms with Crippen LogP contribution in [0.4, 0.5) is 13.2 Å². The number of aromatic carboxylic acids is 1. The van der Waals surface area contributed by atoms with Gasteiger partial charge in [-0.3, -0.25) is 0 Å². The van der Waals surface area contributed by atoms with Gasteiger partial charge in [0, 0.05) is 5.56 Å². The fraction of sp³-hybridized carbons (Fsp3) is 0.200. The van der Waals surface area contributed by atoms with Crippen molar-refractivity contribution < 1.29 is 27.8 Å². The number of ether oxygens (including phenoxy) is 1. The van der Waals surface area contributed by atoms with E-state index in [0.29, 0.717) is 0 Å². The van der Waals surface area contributed by atoms with Crippen LogP contribution in [-0.2, 0) is 0 Å². The van der Waals surface area contributed by atoms with Crippen molar-refractivity contribution >= 4 is 5.97 Å². The van der Waals surface area contributed by atoms with Gasteiger partial charge < -0.3 is 9.84 Å². The molecule has 0 saturated heterocycles. The summed E-state index contributed by atoms with van der Waals surface area (Å²) in [5.74, 6) is -1.97. The van der Waals surface area contributed by atoms with Crippen LogP contribution in [0.2, 0.25) is 0 Å². The van der Waals surface area contributed by atoms with Crippen molar-refractivity contribution in [3.8, 4) is 11.8 Å². The Morgan fingerprint density at radius 3 is 2.47 bits per heavy atom. The van der Waals surface area contributed by atoms with Crippen molar-refractivity contribution in [3.05, 3.63) is 28.8 Å². The maximum absolute atomic E-state index is 12.0. The standard InChI is InChI=1S/C10H6F3NO3/c1-5-7(4-14)6(9(15)16)2-3-8(5)17-10(11,12)13/h2-3H,1H3,(H,15,16). The number of nitriles is 1. The fourth-order valence-electron chi connectivity index (χ4n) is 1.25. The van der Waals surface area contributed by atoms with Crippen LogP contribution in [0.1, 0.15) is 21.5 Å². The Hall–Kier alpha value is -2.23. The minimum absolute atomic E-state index is 0.162. The SMILES string of the molecule is Cc1c(OC(F)(F)F)ccc(C(=O)O)c1C#N. The molecule has 7 heteroatoms. The van der Waals surface area contributed by atoms with Crippen LogP contribution < -0.4 is 4.74 Å². The first kappa shape index (κ1) is 12.8. The zero-order valence-electron chi connectivity index (χ0n) is 8.50. The molecule has 1 aromatic carbocycles. The van der Waals surface area contributed by atoms with Crippen LogP contribution in [0.5, 0.6) is 5.75 Å². The zero-order valence-corrected chi connectivity index (χ0v) is 8.50. The molecule has 0 heterocycles. The molecule has 0 saturated carbocycles. The second kappa shape index (κ2) is 4.33. The Labute approximate surface area is 93.8 Å². The number of hydrogen-bond acceptors (Lipinski definition) is 3. The van der Waals surface area contributed by atoms with Crippen LogP contribution in [0.3, 0.4) is 0 Å². The number of alkyl halides is 3. The van der Waals surface area contributed by atoms with Crippen LogP contribution in [-0.4, -0.2) is 17.4 Å². The highest BCUT2D eigenvalue weighted by Gasteiger charge is 2.32. The van der Waals surface area contributed by atoms with Gasteiger partial charge in [0.05, 0.1) is 11.1 Å². The maximum atomic E-state index is 12.0. The summed E-state index contributed by atoms with van der Waals surface area (Å²) in [5, 5.41) is 17.5. The summed E-state index contributed by atoms with van der Waals surface area (Å²) in [7, 11) is 0. The number of carboxylic acid groups (broad SMARTS) is 1. The lowest BCUT2D eigenvalue weighted by atomic mass is 10.0. The lowest BCUT2D eigenvalue weighted by Gasteiger charge is -2.12. The molecule has 0 spiro atoms. The number of carboxylic acids is 1. The predicted molar refractivity (Wildman–Crippen MR) is 49.5 cm³/mol. The molecule has 17 heavy (non-hydrogen) atoms. The molecule has 0 aliphatic rings. The lowest BCUT2D eigenvalue weighted by molar-refractivity contribution is -0.274. The van der Waals surface area contributed by atoms with E-state index in [1.165, 1.54) is 6.92 Å². The van der Waals surface area contributed by atoms with Gasteiger partial charge in [0.25, 0.3) is 0 Å². The molecule has 0 bridgehead atoms. The van der Waals surface area contributed by atoms with E-state index < -0.39 is 18.1 Å². The Bertz CT molecular complexity index is 503. The minimum atomic E-state index is -4.89. The fourth-order valence-corrected chi connectivity index (χ4v) is 1.25. The molecular weight excluding hydrogens is 239 g/mol. The van der Waals surface area contributed by atoms with Gasteiger partial charge in [0.15, 0.2) is 0 Å². The Morgan fingerprint density at radius 1 is 1.47 bits per heavy atom. The van der Waals surface area contributed by atoms with Crippen LogP contribution in [0, 0.1) is 18.3 Å². The molecule has 0 radical (unpaired) electrons. The molecule has 0 fully saturated rings. The van der Waals surface area contributed by atoms with Gasteiger partial charge in [-0.15, -0.1) is 13.2 Å². The van der Waals surface area contributed by atoms with E-state index in [2.05, 4.69) is 4.74 Å². The van der Waals surface area contributed by atoms with Crippen molar-refractivity contribution in [1.82, 2.24) is 0 Å². The monoisotopic (exact) mass is 245 g/mol. The van der Waals surface area contributed by atoms with Crippen LogP contribution in [0.25, 0.3) is 0 Å². The average Bonchev–Trinajstić information content (AvgIpc) is 2.18. The molecule has 0 unspecified atom stereocenters. The summed E-state index contributed by atoms with van der Waals surface area (Å²) in [6.45, 7) is 1.19. The maximum Gasteiger partial charge on any atom is 0.573 e. The zero-order chi connectivity index (χ0) is 13.2. The van der Waals surface area contributed by atoms with Crippen molar-refractivity contribution in [2.45, 2.75) is 13.3 Å². The summed E-state index contributed by atoms with van der Waals surface area (Å²) in [6, 6.07) is 3.31. The minimum Gasteiger partial charge on any atom is -0.478 e. The summed E-state index contributed by atoms with van der Waals surface area (Å²) < 4.78 is 39.6. The first-order chi connectivity index (χ1) is 7.76. The summed E-state index contributed by atoms with van der Waals surface area (Å²) in [4.78, 5) is 10.7. The largest absolute Gasteiger partial charge is 0.573 e.